The molecule has 0 heterocycles. The van der Waals surface area contributed by atoms with Gasteiger partial charge in [0.2, 0.25) is 0 Å². The summed E-state index contributed by atoms with van der Waals surface area (Å²) in [5.74, 6) is 0.146. The quantitative estimate of drug-likeness (QED) is 0.583. The first kappa shape index (κ1) is 8.40. The van der Waals surface area contributed by atoms with Gasteiger partial charge in [0, 0.05) is 6.42 Å². The van der Waals surface area contributed by atoms with E-state index in [1.807, 2.05) is 6.92 Å². The minimum Gasteiger partial charge on any atom is -0.308 e. The molecule has 1 aliphatic carbocycles. The molecule has 0 aliphatic heterocycles. The van der Waals surface area contributed by atoms with Crippen LogP contribution in [-0.4, -0.2) is 24.2 Å². The standard InChI is InChI=1S/C8H13NO2/c1-2-9-7-4-3-6(10)5-8(7)11/h7,9H,2-5H2,1H3. The van der Waals surface area contributed by atoms with Crippen molar-refractivity contribution < 1.29 is 9.59 Å². The fourth-order valence-electron chi connectivity index (χ4n) is 1.33. The molecule has 1 saturated carbocycles. The van der Waals surface area contributed by atoms with Crippen LogP contribution in [0.2, 0.25) is 0 Å². The summed E-state index contributed by atoms with van der Waals surface area (Å²) in [6.45, 7) is 2.76. The van der Waals surface area contributed by atoms with E-state index in [0.29, 0.717) is 12.8 Å². The molecule has 0 bridgehead atoms. The van der Waals surface area contributed by atoms with Crippen LogP contribution in [0.5, 0.6) is 0 Å². The van der Waals surface area contributed by atoms with Gasteiger partial charge in [-0.15, -0.1) is 0 Å². The number of likely N-dealkylation sites (N-methyl/N-ethyl adjacent to an activating group) is 1. The molecular weight excluding hydrogens is 142 g/mol. The van der Waals surface area contributed by atoms with E-state index in [9.17, 15) is 9.59 Å². The highest BCUT2D eigenvalue weighted by Gasteiger charge is 2.25. The molecule has 0 aromatic rings. The van der Waals surface area contributed by atoms with Crippen molar-refractivity contribution in [3.63, 3.8) is 0 Å². The van der Waals surface area contributed by atoms with Crippen molar-refractivity contribution >= 4 is 11.6 Å². The molecule has 0 radical (unpaired) electrons. The molecule has 1 unspecified atom stereocenters. The maximum Gasteiger partial charge on any atom is 0.157 e. The first-order chi connectivity index (χ1) is 5.24. The lowest BCUT2D eigenvalue weighted by molar-refractivity contribution is -0.131. The smallest absolute Gasteiger partial charge is 0.157 e. The number of carbonyl (C=O) groups is 2. The third-order valence-electron chi connectivity index (χ3n) is 1.92. The van der Waals surface area contributed by atoms with Gasteiger partial charge in [-0.25, -0.2) is 0 Å². The van der Waals surface area contributed by atoms with Gasteiger partial charge in [-0.05, 0) is 13.0 Å². The molecule has 1 fully saturated rings. The molecule has 1 rings (SSSR count). The van der Waals surface area contributed by atoms with Crippen LogP contribution in [0.3, 0.4) is 0 Å². The van der Waals surface area contributed by atoms with Crippen LogP contribution >= 0.6 is 0 Å². The molecule has 1 N–H and O–H groups in total. The van der Waals surface area contributed by atoms with E-state index in [1.54, 1.807) is 0 Å². The van der Waals surface area contributed by atoms with Crippen LogP contribution in [0.15, 0.2) is 0 Å². The Morgan fingerprint density at radius 1 is 1.55 bits per heavy atom. The Labute approximate surface area is 66.2 Å². The molecule has 62 valence electrons. The average Bonchev–Trinajstić information content (AvgIpc) is 1.95. The average molecular weight is 155 g/mol. The largest absolute Gasteiger partial charge is 0.308 e. The Hall–Kier alpha value is -0.700. The van der Waals surface area contributed by atoms with Crippen LogP contribution in [0.1, 0.15) is 26.2 Å². The Morgan fingerprint density at radius 2 is 2.27 bits per heavy atom. The van der Waals surface area contributed by atoms with Gasteiger partial charge in [-0.1, -0.05) is 6.92 Å². The Bertz CT molecular complexity index is 177. The summed E-state index contributed by atoms with van der Waals surface area (Å²) in [6, 6.07) is -0.0577. The molecule has 0 aromatic carbocycles. The van der Waals surface area contributed by atoms with Gasteiger partial charge in [0.05, 0.1) is 12.5 Å². The highest BCUT2D eigenvalue weighted by molar-refractivity contribution is 6.03. The van der Waals surface area contributed by atoms with Crippen LogP contribution in [-0.2, 0) is 9.59 Å². The van der Waals surface area contributed by atoms with Crippen LogP contribution < -0.4 is 5.32 Å². The van der Waals surface area contributed by atoms with E-state index in [2.05, 4.69) is 5.32 Å². The van der Waals surface area contributed by atoms with Gasteiger partial charge >= 0.3 is 0 Å². The Balaban J connectivity index is 2.44. The van der Waals surface area contributed by atoms with Gasteiger partial charge in [0.1, 0.15) is 5.78 Å². The molecule has 0 saturated heterocycles. The SMILES string of the molecule is CCNC1CCC(=O)CC1=O. The summed E-state index contributed by atoms with van der Waals surface area (Å²) < 4.78 is 0. The maximum absolute atomic E-state index is 11.1. The number of Topliss-reactive ketones (excluding diaryl/α,β-unsaturated/α-hetero) is 2. The van der Waals surface area contributed by atoms with Crippen molar-refractivity contribution in [1.29, 1.82) is 0 Å². The monoisotopic (exact) mass is 155 g/mol. The van der Waals surface area contributed by atoms with Gasteiger partial charge in [0.15, 0.2) is 5.78 Å². The predicted molar refractivity (Wildman–Crippen MR) is 41.3 cm³/mol. The van der Waals surface area contributed by atoms with E-state index in [-0.39, 0.29) is 24.0 Å². The second-order valence-corrected chi connectivity index (χ2v) is 2.83. The number of ketones is 2. The summed E-state index contributed by atoms with van der Waals surface area (Å²) >= 11 is 0. The highest BCUT2D eigenvalue weighted by Crippen LogP contribution is 2.10. The molecule has 3 nitrogen and oxygen atoms in total. The zero-order chi connectivity index (χ0) is 8.27. The van der Waals surface area contributed by atoms with E-state index < -0.39 is 0 Å². The fraction of sp³-hybridized carbons (Fsp3) is 0.750. The lowest BCUT2D eigenvalue weighted by Gasteiger charge is -2.19. The molecular formula is C8H13NO2. The molecule has 0 aromatic heterocycles. The zero-order valence-corrected chi connectivity index (χ0v) is 6.72. The summed E-state index contributed by atoms with van der Waals surface area (Å²) in [4.78, 5) is 21.9. The summed E-state index contributed by atoms with van der Waals surface area (Å²) in [7, 11) is 0. The number of hydrogen-bond donors (Lipinski definition) is 1. The van der Waals surface area contributed by atoms with Gasteiger partial charge < -0.3 is 5.32 Å². The van der Waals surface area contributed by atoms with Crippen molar-refractivity contribution in [1.82, 2.24) is 5.32 Å². The lowest BCUT2D eigenvalue weighted by atomic mass is 9.93. The normalized spacial score (nSPS) is 25.7. The van der Waals surface area contributed by atoms with Gasteiger partial charge in [-0.3, -0.25) is 9.59 Å². The predicted octanol–water partition coefficient (Wildman–Crippen LogP) is 0.287. The van der Waals surface area contributed by atoms with E-state index in [4.69, 9.17) is 0 Å². The summed E-state index contributed by atoms with van der Waals surface area (Å²) in [5, 5.41) is 3.05. The first-order valence-electron chi connectivity index (χ1n) is 4.02. The van der Waals surface area contributed by atoms with Gasteiger partial charge in [-0.2, -0.15) is 0 Å². The maximum atomic E-state index is 11.1. The van der Waals surface area contributed by atoms with Crippen molar-refractivity contribution in [2.24, 2.45) is 0 Å². The number of nitrogens with one attached hydrogen (secondary N) is 1. The van der Waals surface area contributed by atoms with Crippen LogP contribution in [0.25, 0.3) is 0 Å². The molecule has 3 heteroatoms. The second-order valence-electron chi connectivity index (χ2n) is 2.83. The Kier molecular flexibility index (Phi) is 2.76. The highest BCUT2D eigenvalue weighted by atomic mass is 16.2. The topological polar surface area (TPSA) is 46.2 Å². The third kappa shape index (κ3) is 2.12. The fourth-order valence-corrected chi connectivity index (χ4v) is 1.33. The molecule has 1 atom stereocenters. The van der Waals surface area contributed by atoms with Gasteiger partial charge in [0.25, 0.3) is 0 Å². The number of hydrogen-bond acceptors (Lipinski definition) is 3. The van der Waals surface area contributed by atoms with E-state index in [0.717, 1.165) is 6.54 Å². The van der Waals surface area contributed by atoms with Crippen molar-refractivity contribution in [3.8, 4) is 0 Å². The zero-order valence-electron chi connectivity index (χ0n) is 6.72. The number of rotatable bonds is 2. The van der Waals surface area contributed by atoms with Crippen molar-refractivity contribution in [2.75, 3.05) is 6.54 Å². The third-order valence-corrected chi connectivity index (χ3v) is 1.92. The van der Waals surface area contributed by atoms with E-state index >= 15 is 0 Å². The minimum absolute atomic E-state index is 0.0577. The molecule has 0 amide bonds. The van der Waals surface area contributed by atoms with Crippen LogP contribution in [0.4, 0.5) is 0 Å². The first-order valence-corrected chi connectivity index (χ1v) is 4.02. The molecule has 11 heavy (non-hydrogen) atoms. The minimum atomic E-state index is -0.0577. The molecule has 1 aliphatic rings. The van der Waals surface area contributed by atoms with E-state index in [1.165, 1.54) is 0 Å². The molecule has 0 spiro atoms. The summed E-state index contributed by atoms with van der Waals surface area (Å²) in [6.07, 6.45) is 1.38. The van der Waals surface area contributed by atoms with Crippen molar-refractivity contribution in [2.45, 2.75) is 32.2 Å². The second kappa shape index (κ2) is 3.62. The number of carbonyl (C=O) groups excluding carboxylic acids is 2. The summed E-state index contributed by atoms with van der Waals surface area (Å²) in [5.41, 5.74) is 0. The lowest BCUT2D eigenvalue weighted by Crippen LogP contribution is -2.41. The Morgan fingerprint density at radius 3 is 2.82 bits per heavy atom. The van der Waals surface area contributed by atoms with Crippen molar-refractivity contribution in [3.05, 3.63) is 0 Å². The van der Waals surface area contributed by atoms with Crippen LogP contribution in [0, 0.1) is 0 Å².